The molecule has 0 radical (unpaired) electrons. The van der Waals surface area contributed by atoms with Crippen LogP contribution in [0.25, 0.3) is 0 Å². The lowest BCUT2D eigenvalue weighted by molar-refractivity contribution is -0.128. The van der Waals surface area contributed by atoms with Crippen LogP contribution in [0, 0.1) is 0 Å². The molecule has 0 saturated carbocycles. The lowest BCUT2D eigenvalue weighted by Gasteiger charge is -2.17. The van der Waals surface area contributed by atoms with Crippen LogP contribution < -0.4 is 16.0 Å². The van der Waals surface area contributed by atoms with Crippen molar-refractivity contribution in [2.45, 2.75) is 26.3 Å². The minimum absolute atomic E-state index is 0.0933. The van der Waals surface area contributed by atoms with Gasteiger partial charge in [0.2, 0.25) is 5.91 Å². The summed E-state index contributed by atoms with van der Waals surface area (Å²) in [6, 6.07) is 10.8. The molecule has 0 bridgehead atoms. The molecule has 1 aliphatic heterocycles. The first-order chi connectivity index (χ1) is 14.2. The van der Waals surface area contributed by atoms with Gasteiger partial charge in [0.25, 0.3) is 5.91 Å². The molecule has 1 saturated heterocycles. The van der Waals surface area contributed by atoms with Gasteiger partial charge in [-0.05, 0) is 49.6 Å². The first-order valence-corrected chi connectivity index (χ1v) is 9.89. The molecular weight excluding hydrogens is 370 g/mol. The maximum atomic E-state index is 12.2. The number of benzene rings is 1. The third-order valence-electron chi connectivity index (χ3n) is 4.56. The van der Waals surface area contributed by atoms with Gasteiger partial charge in [-0.25, -0.2) is 4.99 Å². The molecule has 8 nitrogen and oxygen atoms in total. The third kappa shape index (κ3) is 6.10. The maximum Gasteiger partial charge on any atom is 0.291 e. The zero-order chi connectivity index (χ0) is 20.5. The van der Waals surface area contributed by atoms with Gasteiger partial charge in [-0.15, -0.1) is 0 Å². The van der Waals surface area contributed by atoms with Crippen LogP contribution in [0.1, 0.15) is 35.9 Å². The highest BCUT2D eigenvalue weighted by atomic mass is 16.3. The SMILES string of the molecule is CCNC(=NCc1cccc(NC(=O)c2ccco2)c1)NCC(=O)N1CCCC1. The zero-order valence-corrected chi connectivity index (χ0v) is 16.6. The lowest BCUT2D eigenvalue weighted by atomic mass is 10.2. The molecule has 0 spiro atoms. The number of hydrogen-bond donors (Lipinski definition) is 3. The van der Waals surface area contributed by atoms with Crippen molar-refractivity contribution in [1.29, 1.82) is 0 Å². The van der Waals surface area contributed by atoms with Crippen LogP contribution in [0.4, 0.5) is 5.69 Å². The van der Waals surface area contributed by atoms with Gasteiger partial charge in [0.15, 0.2) is 11.7 Å². The number of furan rings is 1. The van der Waals surface area contributed by atoms with E-state index in [0.29, 0.717) is 24.7 Å². The van der Waals surface area contributed by atoms with E-state index in [-0.39, 0.29) is 24.1 Å². The maximum absolute atomic E-state index is 12.2. The van der Waals surface area contributed by atoms with Crippen molar-refractivity contribution >= 4 is 23.5 Å². The number of nitrogens with zero attached hydrogens (tertiary/aromatic N) is 2. The molecule has 0 aliphatic carbocycles. The minimum Gasteiger partial charge on any atom is -0.459 e. The Morgan fingerprint density at radius 2 is 1.97 bits per heavy atom. The number of amides is 2. The summed E-state index contributed by atoms with van der Waals surface area (Å²) < 4.78 is 5.11. The van der Waals surface area contributed by atoms with Crippen LogP contribution >= 0.6 is 0 Å². The number of hydrogen-bond acceptors (Lipinski definition) is 4. The van der Waals surface area contributed by atoms with Crippen molar-refractivity contribution in [2.75, 3.05) is 31.5 Å². The molecule has 1 fully saturated rings. The van der Waals surface area contributed by atoms with Gasteiger partial charge in [0.1, 0.15) is 0 Å². The largest absolute Gasteiger partial charge is 0.459 e. The summed E-state index contributed by atoms with van der Waals surface area (Å²) in [4.78, 5) is 30.7. The van der Waals surface area contributed by atoms with Crippen molar-refractivity contribution in [3.05, 3.63) is 54.0 Å². The number of nitrogens with one attached hydrogen (secondary N) is 3. The number of guanidine groups is 1. The average molecular weight is 397 g/mol. The van der Waals surface area contributed by atoms with Crippen LogP contribution in [-0.2, 0) is 11.3 Å². The quantitative estimate of drug-likeness (QED) is 0.491. The van der Waals surface area contributed by atoms with E-state index in [1.54, 1.807) is 12.1 Å². The van der Waals surface area contributed by atoms with Gasteiger partial charge in [-0.3, -0.25) is 9.59 Å². The molecule has 2 amide bonds. The molecule has 0 atom stereocenters. The molecule has 2 heterocycles. The first kappa shape index (κ1) is 20.4. The van der Waals surface area contributed by atoms with E-state index in [4.69, 9.17) is 4.42 Å². The fraction of sp³-hybridized carbons (Fsp3) is 0.381. The molecule has 1 aromatic heterocycles. The number of carbonyl (C=O) groups is 2. The monoisotopic (exact) mass is 397 g/mol. The average Bonchev–Trinajstić information content (AvgIpc) is 3.44. The van der Waals surface area contributed by atoms with E-state index >= 15 is 0 Å². The predicted molar refractivity (Wildman–Crippen MR) is 112 cm³/mol. The Kier molecular flexibility index (Phi) is 7.27. The van der Waals surface area contributed by atoms with E-state index in [1.807, 2.05) is 36.1 Å². The van der Waals surface area contributed by atoms with Crippen molar-refractivity contribution in [3.63, 3.8) is 0 Å². The highest BCUT2D eigenvalue weighted by Gasteiger charge is 2.17. The Labute approximate surface area is 170 Å². The van der Waals surface area contributed by atoms with Crippen molar-refractivity contribution in [3.8, 4) is 0 Å². The highest BCUT2D eigenvalue weighted by Crippen LogP contribution is 2.13. The van der Waals surface area contributed by atoms with Crippen LogP contribution in [0.3, 0.4) is 0 Å². The predicted octanol–water partition coefficient (Wildman–Crippen LogP) is 2.21. The molecule has 1 aromatic carbocycles. The van der Waals surface area contributed by atoms with Crippen molar-refractivity contribution in [1.82, 2.24) is 15.5 Å². The first-order valence-electron chi connectivity index (χ1n) is 9.89. The third-order valence-corrected chi connectivity index (χ3v) is 4.56. The summed E-state index contributed by atoms with van der Waals surface area (Å²) in [5.74, 6) is 0.640. The summed E-state index contributed by atoms with van der Waals surface area (Å²) in [6.07, 6.45) is 3.61. The summed E-state index contributed by atoms with van der Waals surface area (Å²) in [6.45, 7) is 4.99. The Bertz CT molecular complexity index is 842. The van der Waals surface area contributed by atoms with Crippen LogP contribution in [0.2, 0.25) is 0 Å². The Morgan fingerprint density at radius 3 is 2.69 bits per heavy atom. The number of rotatable bonds is 7. The molecule has 0 unspecified atom stereocenters. The minimum atomic E-state index is -0.300. The Morgan fingerprint density at radius 1 is 1.14 bits per heavy atom. The Hall–Kier alpha value is -3.29. The molecule has 154 valence electrons. The van der Waals surface area contributed by atoms with Gasteiger partial charge in [0.05, 0.1) is 19.4 Å². The second-order valence-corrected chi connectivity index (χ2v) is 6.77. The van der Waals surface area contributed by atoms with Gasteiger partial charge >= 0.3 is 0 Å². The van der Waals surface area contributed by atoms with Crippen molar-refractivity contribution in [2.24, 2.45) is 4.99 Å². The van der Waals surface area contributed by atoms with Gasteiger partial charge < -0.3 is 25.3 Å². The van der Waals surface area contributed by atoms with Crippen LogP contribution in [-0.4, -0.2) is 48.9 Å². The molecule has 2 aromatic rings. The number of aliphatic imine (C=N–C) groups is 1. The van der Waals surface area contributed by atoms with Crippen molar-refractivity contribution < 1.29 is 14.0 Å². The second kappa shape index (κ2) is 10.3. The topological polar surface area (TPSA) is 99.0 Å². The van der Waals surface area contributed by atoms with E-state index in [1.165, 1.54) is 6.26 Å². The second-order valence-electron chi connectivity index (χ2n) is 6.77. The van der Waals surface area contributed by atoms with Gasteiger partial charge in [-0.1, -0.05) is 12.1 Å². The van der Waals surface area contributed by atoms with E-state index in [0.717, 1.165) is 31.5 Å². The number of carbonyl (C=O) groups excluding carboxylic acids is 2. The number of likely N-dealkylation sites (tertiary alicyclic amines) is 1. The summed E-state index contributed by atoms with van der Waals surface area (Å²) in [5.41, 5.74) is 1.60. The molecule has 3 N–H and O–H groups in total. The van der Waals surface area contributed by atoms with Crippen LogP contribution in [0.15, 0.2) is 52.1 Å². The molecule has 1 aliphatic rings. The molecule has 8 heteroatoms. The zero-order valence-electron chi connectivity index (χ0n) is 16.6. The number of anilines is 1. The Balaban J connectivity index is 1.56. The lowest BCUT2D eigenvalue weighted by Crippen LogP contribution is -2.44. The van der Waals surface area contributed by atoms with Gasteiger partial charge in [-0.2, -0.15) is 0 Å². The molecule has 29 heavy (non-hydrogen) atoms. The summed E-state index contributed by atoms with van der Waals surface area (Å²) >= 11 is 0. The van der Waals surface area contributed by atoms with Crippen LogP contribution in [0.5, 0.6) is 0 Å². The smallest absolute Gasteiger partial charge is 0.291 e. The fourth-order valence-corrected chi connectivity index (χ4v) is 3.10. The molecule has 3 rings (SSSR count). The highest BCUT2D eigenvalue weighted by molar-refractivity contribution is 6.02. The summed E-state index contributed by atoms with van der Waals surface area (Å²) in [7, 11) is 0. The van der Waals surface area contributed by atoms with E-state index in [9.17, 15) is 9.59 Å². The molecular formula is C21H27N5O3. The van der Waals surface area contributed by atoms with E-state index < -0.39 is 0 Å². The normalized spacial score (nSPS) is 14.0. The van der Waals surface area contributed by atoms with E-state index in [2.05, 4.69) is 20.9 Å². The van der Waals surface area contributed by atoms with Gasteiger partial charge in [0, 0.05) is 25.3 Å². The standard InChI is InChI=1S/C21H27N5O3/c1-2-22-21(24-15-19(27)26-10-3-4-11-26)23-14-16-7-5-8-17(13-16)25-20(28)18-9-6-12-29-18/h5-9,12-13H,2-4,10-11,14-15H2,1H3,(H,25,28)(H2,22,23,24). The fourth-order valence-electron chi connectivity index (χ4n) is 3.10. The summed E-state index contributed by atoms with van der Waals surface area (Å²) in [5, 5.41) is 9.05.